The fourth-order valence-electron chi connectivity index (χ4n) is 3.66. The lowest BCUT2D eigenvalue weighted by molar-refractivity contribution is 0.348. The number of aromatic amines is 1. The summed E-state index contributed by atoms with van der Waals surface area (Å²) >= 11 is 1.67. The van der Waals surface area contributed by atoms with Crippen LogP contribution in [-0.4, -0.2) is 24.4 Å². The fourth-order valence-corrected chi connectivity index (χ4v) is 4.52. The van der Waals surface area contributed by atoms with Crippen molar-refractivity contribution in [1.82, 2.24) is 10.2 Å². The van der Waals surface area contributed by atoms with Crippen LogP contribution in [0.25, 0.3) is 0 Å². The number of hydrogen-bond donors (Lipinski definition) is 2. The number of nitrogens with two attached hydrogens (primary N) is 1. The van der Waals surface area contributed by atoms with Crippen molar-refractivity contribution in [2.45, 2.75) is 23.5 Å². The topological polar surface area (TPSA) is 106 Å². The largest absolute Gasteiger partial charge is 0.493 e. The zero-order valence-electron chi connectivity index (χ0n) is 17.4. The minimum Gasteiger partial charge on any atom is -0.493 e. The number of nitriles is 1. The van der Waals surface area contributed by atoms with Crippen molar-refractivity contribution in [3.05, 3.63) is 76.3 Å². The Morgan fingerprint density at radius 3 is 2.65 bits per heavy atom. The molecule has 0 bridgehead atoms. The fraction of sp³-hybridized carbons (Fsp3) is 0.217. The van der Waals surface area contributed by atoms with Crippen molar-refractivity contribution in [3.63, 3.8) is 0 Å². The maximum atomic E-state index is 9.90. The standard InChI is InChI=1S/C23H22N4O3S/c1-13-7-9-14(10-8-13)31-12-17-20-19(15-5-4-6-18(28-2)21(15)29-3)16(11-24)22(25)30-23(20)27-26-17/h4-10,19H,12,25H2,1-3H3,(H,26,27). The van der Waals surface area contributed by atoms with Crippen LogP contribution >= 0.6 is 11.8 Å². The Bertz CT molecular complexity index is 1180. The first-order chi connectivity index (χ1) is 15.1. The molecule has 4 rings (SSSR count). The molecule has 1 aromatic heterocycles. The maximum absolute atomic E-state index is 9.90. The maximum Gasteiger partial charge on any atom is 0.244 e. The molecule has 0 fully saturated rings. The molecule has 2 aromatic carbocycles. The predicted octanol–water partition coefficient (Wildman–Crippen LogP) is 4.25. The highest BCUT2D eigenvalue weighted by Crippen LogP contribution is 2.48. The van der Waals surface area contributed by atoms with Gasteiger partial charge in [0.05, 0.1) is 31.4 Å². The molecule has 2 heterocycles. The minimum absolute atomic E-state index is 0.0362. The Kier molecular flexibility index (Phi) is 5.78. The van der Waals surface area contributed by atoms with E-state index in [0.29, 0.717) is 28.7 Å². The first-order valence-electron chi connectivity index (χ1n) is 9.62. The molecule has 0 aliphatic carbocycles. The van der Waals surface area contributed by atoms with E-state index in [9.17, 15) is 5.26 Å². The average Bonchev–Trinajstić information content (AvgIpc) is 3.19. The zero-order chi connectivity index (χ0) is 22.0. The number of nitrogens with zero attached hydrogens (tertiary/aromatic N) is 2. The van der Waals surface area contributed by atoms with Crippen molar-refractivity contribution in [2.75, 3.05) is 14.2 Å². The number of allylic oxidation sites excluding steroid dienone is 1. The average molecular weight is 435 g/mol. The van der Waals surface area contributed by atoms with Gasteiger partial charge in [0.1, 0.15) is 11.6 Å². The summed E-state index contributed by atoms with van der Waals surface area (Å²) < 4.78 is 16.8. The number of benzene rings is 2. The number of para-hydroxylation sites is 1. The molecule has 0 amide bonds. The zero-order valence-corrected chi connectivity index (χ0v) is 18.2. The number of aryl methyl sites for hydroxylation is 1. The van der Waals surface area contributed by atoms with Crippen LogP contribution in [0.4, 0.5) is 0 Å². The summed E-state index contributed by atoms with van der Waals surface area (Å²) in [6.45, 7) is 2.06. The van der Waals surface area contributed by atoms with Crippen molar-refractivity contribution >= 4 is 11.8 Å². The highest BCUT2D eigenvalue weighted by Gasteiger charge is 2.37. The molecule has 158 valence electrons. The SMILES string of the molecule is COc1cccc(C2C(C#N)=C(N)Oc3n[nH]c(CSc4ccc(C)cc4)c32)c1OC. The number of ether oxygens (including phenoxy) is 3. The Hall–Kier alpha value is -3.57. The summed E-state index contributed by atoms with van der Waals surface area (Å²) in [4.78, 5) is 1.14. The van der Waals surface area contributed by atoms with Gasteiger partial charge in [-0.1, -0.05) is 29.8 Å². The Morgan fingerprint density at radius 2 is 1.97 bits per heavy atom. The highest BCUT2D eigenvalue weighted by atomic mass is 32.2. The Morgan fingerprint density at radius 1 is 1.19 bits per heavy atom. The molecular formula is C23H22N4O3S. The van der Waals surface area contributed by atoms with Crippen LogP contribution in [-0.2, 0) is 5.75 Å². The van der Waals surface area contributed by atoms with E-state index in [1.807, 2.05) is 18.2 Å². The summed E-state index contributed by atoms with van der Waals surface area (Å²) in [5, 5.41) is 17.3. The quantitative estimate of drug-likeness (QED) is 0.559. The number of fused-ring (bicyclic) bond motifs is 1. The summed E-state index contributed by atoms with van der Waals surface area (Å²) in [5.41, 5.74) is 9.99. The number of methoxy groups -OCH3 is 2. The van der Waals surface area contributed by atoms with Crippen LogP contribution in [0.3, 0.4) is 0 Å². The Balaban J connectivity index is 1.79. The Labute approximate surface area is 184 Å². The van der Waals surface area contributed by atoms with E-state index in [1.54, 1.807) is 26.0 Å². The van der Waals surface area contributed by atoms with Crippen LogP contribution in [0.1, 0.15) is 28.3 Å². The first kappa shape index (κ1) is 20.7. The summed E-state index contributed by atoms with van der Waals surface area (Å²) in [6.07, 6.45) is 0. The number of aromatic nitrogens is 2. The number of rotatable bonds is 6. The second kappa shape index (κ2) is 8.66. The van der Waals surface area contributed by atoms with Gasteiger partial charge < -0.3 is 19.9 Å². The summed E-state index contributed by atoms with van der Waals surface area (Å²) in [6, 6.07) is 16.1. The second-order valence-electron chi connectivity index (χ2n) is 7.03. The van der Waals surface area contributed by atoms with Crippen molar-refractivity contribution in [2.24, 2.45) is 5.73 Å². The van der Waals surface area contributed by atoms with E-state index in [0.717, 1.165) is 21.7 Å². The van der Waals surface area contributed by atoms with Crippen LogP contribution < -0.4 is 19.9 Å². The van der Waals surface area contributed by atoms with Crippen LogP contribution in [0, 0.1) is 18.3 Å². The van der Waals surface area contributed by atoms with E-state index < -0.39 is 5.92 Å². The van der Waals surface area contributed by atoms with E-state index in [2.05, 4.69) is 47.5 Å². The third-order valence-corrected chi connectivity index (χ3v) is 6.20. The lowest BCUT2D eigenvalue weighted by Crippen LogP contribution is -2.21. The van der Waals surface area contributed by atoms with Crippen LogP contribution in [0.5, 0.6) is 17.4 Å². The number of nitrogens with one attached hydrogen (secondary N) is 1. The first-order valence-corrected chi connectivity index (χ1v) is 10.6. The van der Waals surface area contributed by atoms with Gasteiger partial charge in [-0.05, 0) is 25.1 Å². The molecule has 1 aliphatic heterocycles. The van der Waals surface area contributed by atoms with Crippen molar-refractivity contribution in [1.29, 1.82) is 5.26 Å². The van der Waals surface area contributed by atoms with Crippen LogP contribution in [0.15, 0.2) is 58.8 Å². The molecule has 0 radical (unpaired) electrons. The monoisotopic (exact) mass is 434 g/mol. The normalized spacial score (nSPS) is 15.1. The number of H-pyrrole nitrogens is 1. The third kappa shape index (κ3) is 3.80. The molecular weight excluding hydrogens is 412 g/mol. The molecule has 3 N–H and O–H groups in total. The number of hydrogen-bond acceptors (Lipinski definition) is 7. The molecule has 0 saturated heterocycles. The van der Waals surface area contributed by atoms with Crippen molar-refractivity contribution in [3.8, 4) is 23.4 Å². The second-order valence-corrected chi connectivity index (χ2v) is 8.08. The molecule has 7 nitrogen and oxygen atoms in total. The molecule has 1 aliphatic rings. The predicted molar refractivity (Wildman–Crippen MR) is 118 cm³/mol. The van der Waals surface area contributed by atoms with E-state index in [4.69, 9.17) is 19.9 Å². The van der Waals surface area contributed by atoms with Crippen LogP contribution in [0.2, 0.25) is 0 Å². The van der Waals surface area contributed by atoms with Gasteiger partial charge in [0.2, 0.25) is 11.8 Å². The molecule has 0 saturated carbocycles. The third-order valence-electron chi connectivity index (χ3n) is 5.17. The van der Waals surface area contributed by atoms with Gasteiger partial charge in [0.25, 0.3) is 0 Å². The molecule has 1 unspecified atom stereocenters. The van der Waals surface area contributed by atoms with Gasteiger partial charge in [0.15, 0.2) is 11.5 Å². The lowest BCUT2D eigenvalue weighted by atomic mass is 9.83. The smallest absolute Gasteiger partial charge is 0.244 e. The minimum atomic E-state index is -0.494. The molecule has 3 aromatic rings. The van der Waals surface area contributed by atoms with Gasteiger partial charge >= 0.3 is 0 Å². The van der Waals surface area contributed by atoms with Gasteiger partial charge in [-0.15, -0.1) is 16.9 Å². The molecule has 1 atom stereocenters. The van der Waals surface area contributed by atoms with Gasteiger partial charge in [-0.25, -0.2) is 0 Å². The molecule has 8 heteroatoms. The summed E-state index contributed by atoms with van der Waals surface area (Å²) in [7, 11) is 3.15. The van der Waals surface area contributed by atoms with E-state index in [1.165, 1.54) is 5.56 Å². The lowest BCUT2D eigenvalue weighted by Gasteiger charge is -2.26. The molecule has 31 heavy (non-hydrogen) atoms. The van der Waals surface area contributed by atoms with Crippen molar-refractivity contribution < 1.29 is 14.2 Å². The number of thioether (sulfide) groups is 1. The van der Waals surface area contributed by atoms with Gasteiger partial charge in [-0.3, -0.25) is 5.10 Å². The van der Waals surface area contributed by atoms with Gasteiger partial charge in [0, 0.05) is 16.2 Å². The van der Waals surface area contributed by atoms with E-state index in [-0.39, 0.29) is 5.88 Å². The van der Waals surface area contributed by atoms with Gasteiger partial charge in [-0.2, -0.15) is 5.26 Å². The van der Waals surface area contributed by atoms with E-state index >= 15 is 0 Å². The highest BCUT2D eigenvalue weighted by molar-refractivity contribution is 7.98. The molecule has 0 spiro atoms. The summed E-state index contributed by atoms with van der Waals surface area (Å²) in [5.74, 6) is 1.65.